The number of nitrogens with zero attached hydrogens (tertiary/aromatic N) is 1. The van der Waals surface area contributed by atoms with Crippen LogP contribution in [0.3, 0.4) is 0 Å². The van der Waals surface area contributed by atoms with E-state index in [0.717, 1.165) is 12.5 Å². The summed E-state index contributed by atoms with van der Waals surface area (Å²) in [6, 6.07) is 4.82. The monoisotopic (exact) mass is 268 g/mol. The van der Waals surface area contributed by atoms with E-state index >= 15 is 0 Å². The highest BCUT2D eigenvalue weighted by atomic mass is 35.5. The van der Waals surface area contributed by atoms with Gasteiger partial charge in [0.15, 0.2) is 0 Å². The standard InChI is InChI=1S/C13H17ClN2O2/c14-12-5-4-11(13(8-12)16(17)18)9-15-7-6-10-2-1-3-10/h4-5,8,10,15H,1-3,6-7,9H2. The maximum atomic E-state index is 10.9. The van der Waals surface area contributed by atoms with Crippen molar-refractivity contribution in [1.29, 1.82) is 0 Å². The van der Waals surface area contributed by atoms with Crippen LogP contribution in [0.2, 0.25) is 5.02 Å². The Bertz CT molecular complexity index is 433. The second-order valence-corrected chi connectivity index (χ2v) is 5.23. The number of rotatable bonds is 6. The van der Waals surface area contributed by atoms with Crippen molar-refractivity contribution in [2.45, 2.75) is 32.2 Å². The third-order valence-electron chi connectivity index (χ3n) is 3.51. The Morgan fingerprint density at radius 1 is 1.44 bits per heavy atom. The first-order chi connectivity index (χ1) is 8.66. The molecule has 1 N–H and O–H groups in total. The summed E-state index contributed by atoms with van der Waals surface area (Å²) in [5.41, 5.74) is 0.789. The normalized spacial score (nSPS) is 15.4. The number of nitro benzene ring substituents is 1. The van der Waals surface area contributed by atoms with Gasteiger partial charge in [-0.1, -0.05) is 30.9 Å². The van der Waals surface area contributed by atoms with Crippen molar-refractivity contribution < 1.29 is 4.92 Å². The van der Waals surface area contributed by atoms with Gasteiger partial charge in [-0.25, -0.2) is 0 Å². The van der Waals surface area contributed by atoms with Crippen molar-refractivity contribution in [2.75, 3.05) is 6.54 Å². The fourth-order valence-corrected chi connectivity index (χ4v) is 2.33. The molecule has 4 nitrogen and oxygen atoms in total. The zero-order valence-corrected chi connectivity index (χ0v) is 10.9. The highest BCUT2D eigenvalue weighted by molar-refractivity contribution is 6.30. The summed E-state index contributed by atoms with van der Waals surface area (Å²) >= 11 is 5.77. The third-order valence-corrected chi connectivity index (χ3v) is 3.75. The molecular formula is C13H17ClN2O2. The largest absolute Gasteiger partial charge is 0.312 e. The molecule has 0 spiro atoms. The van der Waals surface area contributed by atoms with Crippen LogP contribution in [0.15, 0.2) is 18.2 Å². The molecule has 0 unspecified atom stereocenters. The summed E-state index contributed by atoms with van der Waals surface area (Å²) in [5, 5.41) is 14.6. The predicted molar refractivity (Wildman–Crippen MR) is 71.8 cm³/mol. The lowest BCUT2D eigenvalue weighted by Crippen LogP contribution is -2.21. The van der Waals surface area contributed by atoms with Gasteiger partial charge in [-0.05, 0) is 31.0 Å². The summed E-state index contributed by atoms with van der Waals surface area (Å²) in [6.45, 7) is 1.45. The Morgan fingerprint density at radius 3 is 2.83 bits per heavy atom. The van der Waals surface area contributed by atoms with Crippen LogP contribution in [0.5, 0.6) is 0 Å². The molecule has 0 aromatic heterocycles. The van der Waals surface area contributed by atoms with Crippen molar-refractivity contribution in [3.8, 4) is 0 Å². The lowest BCUT2D eigenvalue weighted by molar-refractivity contribution is -0.385. The summed E-state index contributed by atoms with van der Waals surface area (Å²) in [7, 11) is 0. The average molecular weight is 269 g/mol. The van der Waals surface area contributed by atoms with Gasteiger partial charge in [0.05, 0.1) is 4.92 Å². The number of hydrogen-bond donors (Lipinski definition) is 1. The lowest BCUT2D eigenvalue weighted by atomic mass is 9.83. The molecule has 1 aliphatic rings. The van der Waals surface area contributed by atoms with Crippen LogP contribution in [0, 0.1) is 16.0 Å². The molecule has 0 saturated heterocycles. The number of nitro groups is 1. The van der Waals surface area contributed by atoms with Crippen molar-refractivity contribution in [2.24, 2.45) is 5.92 Å². The molecule has 1 saturated carbocycles. The van der Waals surface area contributed by atoms with E-state index in [4.69, 9.17) is 11.6 Å². The summed E-state index contributed by atoms with van der Waals surface area (Å²) in [6.07, 6.45) is 5.19. The molecule has 2 rings (SSSR count). The van der Waals surface area contributed by atoms with Crippen molar-refractivity contribution in [3.05, 3.63) is 38.9 Å². The Hall–Kier alpha value is -1.13. The Morgan fingerprint density at radius 2 is 2.22 bits per heavy atom. The Labute approximate surface area is 111 Å². The van der Waals surface area contributed by atoms with Gasteiger partial charge < -0.3 is 5.32 Å². The molecule has 98 valence electrons. The second-order valence-electron chi connectivity index (χ2n) is 4.79. The fraction of sp³-hybridized carbons (Fsp3) is 0.538. The first-order valence-electron chi connectivity index (χ1n) is 6.30. The maximum absolute atomic E-state index is 10.9. The van der Waals surface area contributed by atoms with Gasteiger partial charge in [0.1, 0.15) is 0 Å². The van der Waals surface area contributed by atoms with Gasteiger partial charge in [-0.3, -0.25) is 10.1 Å². The highest BCUT2D eigenvalue weighted by Crippen LogP contribution is 2.29. The molecule has 0 amide bonds. The van der Waals surface area contributed by atoms with Crippen LogP contribution in [-0.2, 0) is 6.54 Å². The van der Waals surface area contributed by atoms with Crippen LogP contribution >= 0.6 is 11.6 Å². The van der Waals surface area contributed by atoms with Gasteiger partial charge >= 0.3 is 0 Å². The third kappa shape index (κ3) is 3.43. The van der Waals surface area contributed by atoms with E-state index in [-0.39, 0.29) is 10.6 Å². The van der Waals surface area contributed by atoms with Gasteiger partial charge in [-0.15, -0.1) is 0 Å². The fourth-order valence-electron chi connectivity index (χ4n) is 2.17. The van der Waals surface area contributed by atoms with E-state index in [1.54, 1.807) is 12.1 Å². The van der Waals surface area contributed by atoms with Crippen LogP contribution in [0.25, 0.3) is 0 Å². The molecular weight excluding hydrogens is 252 g/mol. The van der Waals surface area contributed by atoms with Gasteiger partial charge in [0, 0.05) is 23.2 Å². The zero-order chi connectivity index (χ0) is 13.0. The molecule has 5 heteroatoms. The maximum Gasteiger partial charge on any atom is 0.275 e. The topological polar surface area (TPSA) is 55.2 Å². The van der Waals surface area contributed by atoms with Crippen LogP contribution in [0.1, 0.15) is 31.2 Å². The van der Waals surface area contributed by atoms with Gasteiger partial charge in [0.25, 0.3) is 5.69 Å². The second kappa shape index (κ2) is 6.16. The van der Waals surface area contributed by atoms with Gasteiger partial charge in [-0.2, -0.15) is 0 Å². The quantitative estimate of drug-likeness (QED) is 0.488. The lowest BCUT2D eigenvalue weighted by Gasteiger charge is -2.25. The smallest absolute Gasteiger partial charge is 0.275 e. The van der Waals surface area contributed by atoms with Crippen LogP contribution < -0.4 is 5.32 Å². The Kier molecular flexibility index (Phi) is 4.55. The molecule has 18 heavy (non-hydrogen) atoms. The zero-order valence-electron chi connectivity index (χ0n) is 10.2. The first kappa shape index (κ1) is 13.3. The molecule has 0 aliphatic heterocycles. The SMILES string of the molecule is O=[N+]([O-])c1cc(Cl)ccc1CNCCC1CCC1. The summed E-state index contributed by atoms with van der Waals surface area (Å²) < 4.78 is 0. The molecule has 1 aliphatic carbocycles. The number of nitrogens with one attached hydrogen (secondary N) is 1. The highest BCUT2D eigenvalue weighted by Gasteiger charge is 2.17. The van der Waals surface area contributed by atoms with Gasteiger partial charge in [0.2, 0.25) is 0 Å². The van der Waals surface area contributed by atoms with E-state index in [1.165, 1.54) is 31.7 Å². The van der Waals surface area contributed by atoms with E-state index in [2.05, 4.69) is 5.32 Å². The molecule has 1 aromatic rings. The molecule has 0 atom stereocenters. The van der Waals surface area contributed by atoms with Crippen LogP contribution in [0.4, 0.5) is 5.69 Å². The number of hydrogen-bond acceptors (Lipinski definition) is 3. The number of benzene rings is 1. The van der Waals surface area contributed by atoms with Crippen molar-refractivity contribution in [3.63, 3.8) is 0 Å². The summed E-state index contributed by atoms with van der Waals surface area (Å²) in [5.74, 6) is 0.859. The van der Waals surface area contributed by atoms with Crippen molar-refractivity contribution >= 4 is 17.3 Å². The minimum Gasteiger partial charge on any atom is -0.312 e. The van der Waals surface area contributed by atoms with E-state index in [1.807, 2.05) is 0 Å². The molecule has 0 heterocycles. The predicted octanol–water partition coefficient (Wildman–Crippen LogP) is 3.53. The van der Waals surface area contributed by atoms with E-state index in [9.17, 15) is 10.1 Å². The first-order valence-corrected chi connectivity index (χ1v) is 6.68. The average Bonchev–Trinajstić information content (AvgIpc) is 2.27. The van der Waals surface area contributed by atoms with Crippen LogP contribution in [-0.4, -0.2) is 11.5 Å². The Balaban J connectivity index is 1.85. The minimum atomic E-state index is -0.380. The molecule has 1 fully saturated rings. The number of halogens is 1. The summed E-state index contributed by atoms with van der Waals surface area (Å²) in [4.78, 5) is 10.5. The molecule has 1 aromatic carbocycles. The minimum absolute atomic E-state index is 0.0960. The van der Waals surface area contributed by atoms with Crippen molar-refractivity contribution in [1.82, 2.24) is 5.32 Å². The molecule has 0 radical (unpaired) electrons. The van der Waals surface area contributed by atoms with E-state index < -0.39 is 0 Å². The van der Waals surface area contributed by atoms with E-state index in [0.29, 0.717) is 17.1 Å². The molecule has 0 bridgehead atoms.